The van der Waals surface area contributed by atoms with E-state index in [1.54, 1.807) is 0 Å². The number of aliphatic carboxylic acids is 2. The Bertz CT molecular complexity index is 321. The summed E-state index contributed by atoms with van der Waals surface area (Å²) in [5.41, 5.74) is 0. The van der Waals surface area contributed by atoms with E-state index in [4.69, 9.17) is 10.2 Å². The molecular formula is C11H14O4. The molecule has 0 amide bonds. The van der Waals surface area contributed by atoms with Gasteiger partial charge in [0.05, 0.1) is 5.92 Å². The Morgan fingerprint density at radius 1 is 1.20 bits per heavy atom. The maximum absolute atomic E-state index is 11.1. The molecule has 4 atom stereocenters. The molecule has 4 unspecified atom stereocenters. The number of rotatable bonds is 4. The van der Waals surface area contributed by atoms with Gasteiger partial charge in [-0.15, -0.1) is 0 Å². The molecular weight excluding hydrogens is 196 g/mol. The summed E-state index contributed by atoms with van der Waals surface area (Å²) < 4.78 is 0. The maximum atomic E-state index is 11.1. The Morgan fingerprint density at radius 3 is 2.47 bits per heavy atom. The van der Waals surface area contributed by atoms with Gasteiger partial charge in [0, 0.05) is 6.42 Å². The van der Waals surface area contributed by atoms with Gasteiger partial charge < -0.3 is 10.2 Å². The summed E-state index contributed by atoms with van der Waals surface area (Å²) in [5.74, 6) is -1.54. The standard InChI is InChI=1S/C11H14O4/c12-9(13)4-3-8-6-1-2-7(5-6)10(8)11(14)15/h1-2,6-8,10H,3-5H2,(H,12,13)(H,14,15). The Labute approximate surface area is 87.6 Å². The van der Waals surface area contributed by atoms with Crippen molar-refractivity contribution in [2.45, 2.75) is 19.3 Å². The Morgan fingerprint density at radius 2 is 1.87 bits per heavy atom. The molecule has 2 aliphatic carbocycles. The molecule has 2 bridgehead atoms. The van der Waals surface area contributed by atoms with E-state index in [-0.39, 0.29) is 30.1 Å². The topological polar surface area (TPSA) is 74.6 Å². The van der Waals surface area contributed by atoms with E-state index in [1.807, 2.05) is 6.08 Å². The van der Waals surface area contributed by atoms with Gasteiger partial charge >= 0.3 is 11.9 Å². The van der Waals surface area contributed by atoms with E-state index < -0.39 is 11.9 Å². The molecule has 2 rings (SSSR count). The molecule has 0 spiro atoms. The van der Waals surface area contributed by atoms with Crippen molar-refractivity contribution in [1.29, 1.82) is 0 Å². The third-order valence-corrected chi connectivity index (χ3v) is 3.60. The minimum Gasteiger partial charge on any atom is -0.481 e. The second-order valence-corrected chi connectivity index (χ2v) is 4.41. The smallest absolute Gasteiger partial charge is 0.307 e. The van der Waals surface area contributed by atoms with Crippen LogP contribution in [0.15, 0.2) is 12.2 Å². The van der Waals surface area contributed by atoms with Crippen molar-refractivity contribution >= 4 is 11.9 Å². The summed E-state index contributed by atoms with van der Waals surface area (Å²) in [6, 6.07) is 0. The minimum atomic E-state index is -0.842. The Hall–Kier alpha value is -1.32. The van der Waals surface area contributed by atoms with Gasteiger partial charge in [-0.25, -0.2) is 0 Å². The van der Waals surface area contributed by atoms with E-state index in [2.05, 4.69) is 6.08 Å². The molecule has 1 saturated carbocycles. The van der Waals surface area contributed by atoms with E-state index in [0.29, 0.717) is 6.42 Å². The van der Waals surface area contributed by atoms with Crippen LogP contribution in [-0.4, -0.2) is 22.2 Å². The lowest BCUT2D eigenvalue weighted by Gasteiger charge is -2.23. The number of carboxylic acid groups (broad SMARTS) is 2. The highest BCUT2D eigenvalue weighted by Gasteiger charge is 2.47. The molecule has 4 heteroatoms. The molecule has 4 nitrogen and oxygen atoms in total. The molecule has 0 heterocycles. The van der Waals surface area contributed by atoms with Crippen molar-refractivity contribution in [3.63, 3.8) is 0 Å². The van der Waals surface area contributed by atoms with Gasteiger partial charge in [0.2, 0.25) is 0 Å². The molecule has 0 aliphatic heterocycles. The first-order valence-electron chi connectivity index (χ1n) is 5.22. The zero-order valence-electron chi connectivity index (χ0n) is 8.30. The molecule has 0 aromatic rings. The van der Waals surface area contributed by atoms with Crippen molar-refractivity contribution in [3.8, 4) is 0 Å². The average molecular weight is 210 g/mol. The first-order chi connectivity index (χ1) is 7.09. The van der Waals surface area contributed by atoms with Gasteiger partial charge in [-0.1, -0.05) is 12.2 Å². The summed E-state index contributed by atoms with van der Waals surface area (Å²) in [6.45, 7) is 0. The van der Waals surface area contributed by atoms with Gasteiger partial charge in [0.1, 0.15) is 0 Å². The van der Waals surface area contributed by atoms with E-state index >= 15 is 0 Å². The summed E-state index contributed by atoms with van der Waals surface area (Å²) in [6.07, 6.45) is 5.47. The molecule has 0 radical (unpaired) electrons. The fourth-order valence-electron chi connectivity index (χ4n) is 2.97. The lowest BCUT2D eigenvalue weighted by Crippen LogP contribution is -2.27. The van der Waals surface area contributed by atoms with Crippen molar-refractivity contribution < 1.29 is 19.8 Å². The number of fused-ring (bicyclic) bond motifs is 2. The SMILES string of the molecule is O=C(O)CCC1C2C=CC(C2)C1C(=O)O. The van der Waals surface area contributed by atoms with Crippen molar-refractivity contribution in [2.24, 2.45) is 23.7 Å². The molecule has 2 N–H and O–H groups in total. The number of carbonyl (C=O) groups is 2. The summed E-state index contributed by atoms with van der Waals surface area (Å²) in [5, 5.41) is 17.7. The predicted octanol–water partition coefficient (Wildman–Crippen LogP) is 1.37. The maximum Gasteiger partial charge on any atom is 0.307 e. The second-order valence-electron chi connectivity index (χ2n) is 4.41. The largest absolute Gasteiger partial charge is 0.481 e. The summed E-state index contributed by atoms with van der Waals surface area (Å²) in [7, 11) is 0. The van der Waals surface area contributed by atoms with Crippen LogP contribution in [0.4, 0.5) is 0 Å². The zero-order valence-corrected chi connectivity index (χ0v) is 8.30. The van der Waals surface area contributed by atoms with Crippen molar-refractivity contribution in [1.82, 2.24) is 0 Å². The van der Waals surface area contributed by atoms with Crippen LogP contribution in [0.2, 0.25) is 0 Å². The highest BCUT2D eigenvalue weighted by molar-refractivity contribution is 5.72. The first kappa shape index (κ1) is 10.2. The van der Waals surface area contributed by atoms with E-state index in [9.17, 15) is 9.59 Å². The monoisotopic (exact) mass is 210 g/mol. The van der Waals surface area contributed by atoms with Crippen LogP contribution in [0.1, 0.15) is 19.3 Å². The average Bonchev–Trinajstić information content (AvgIpc) is 2.72. The van der Waals surface area contributed by atoms with Gasteiger partial charge in [-0.05, 0) is 30.6 Å². The highest BCUT2D eigenvalue weighted by atomic mass is 16.4. The zero-order chi connectivity index (χ0) is 11.0. The first-order valence-corrected chi connectivity index (χ1v) is 5.22. The molecule has 0 saturated heterocycles. The van der Waals surface area contributed by atoms with Gasteiger partial charge in [0.15, 0.2) is 0 Å². The molecule has 2 aliphatic rings. The van der Waals surface area contributed by atoms with Crippen LogP contribution in [-0.2, 0) is 9.59 Å². The van der Waals surface area contributed by atoms with Gasteiger partial charge in [-0.3, -0.25) is 9.59 Å². The van der Waals surface area contributed by atoms with Crippen LogP contribution < -0.4 is 0 Å². The molecule has 15 heavy (non-hydrogen) atoms. The van der Waals surface area contributed by atoms with Crippen LogP contribution in [0, 0.1) is 23.7 Å². The third-order valence-electron chi connectivity index (χ3n) is 3.60. The van der Waals surface area contributed by atoms with Crippen LogP contribution in [0.5, 0.6) is 0 Å². The number of carboxylic acids is 2. The number of allylic oxidation sites excluding steroid dienone is 2. The normalized spacial score (nSPS) is 37.1. The van der Waals surface area contributed by atoms with Gasteiger partial charge in [-0.2, -0.15) is 0 Å². The van der Waals surface area contributed by atoms with E-state index in [0.717, 1.165) is 6.42 Å². The Balaban J connectivity index is 2.05. The predicted molar refractivity (Wildman–Crippen MR) is 52.2 cm³/mol. The molecule has 82 valence electrons. The summed E-state index contributed by atoms with van der Waals surface area (Å²) >= 11 is 0. The summed E-state index contributed by atoms with van der Waals surface area (Å²) in [4.78, 5) is 21.5. The Kier molecular flexibility index (Phi) is 2.50. The molecule has 0 aromatic carbocycles. The fourth-order valence-corrected chi connectivity index (χ4v) is 2.97. The van der Waals surface area contributed by atoms with Crippen LogP contribution in [0.25, 0.3) is 0 Å². The van der Waals surface area contributed by atoms with Crippen LogP contribution >= 0.6 is 0 Å². The van der Waals surface area contributed by atoms with Crippen LogP contribution in [0.3, 0.4) is 0 Å². The molecule has 1 fully saturated rings. The van der Waals surface area contributed by atoms with Gasteiger partial charge in [0.25, 0.3) is 0 Å². The number of hydrogen-bond acceptors (Lipinski definition) is 2. The minimum absolute atomic E-state index is 0.0219. The lowest BCUT2D eigenvalue weighted by atomic mass is 9.80. The third kappa shape index (κ3) is 1.76. The molecule has 0 aromatic heterocycles. The quantitative estimate of drug-likeness (QED) is 0.687. The second kappa shape index (κ2) is 3.68. The number of hydrogen-bond donors (Lipinski definition) is 2. The lowest BCUT2D eigenvalue weighted by molar-refractivity contribution is -0.145. The van der Waals surface area contributed by atoms with Crippen molar-refractivity contribution in [2.75, 3.05) is 0 Å². The fraction of sp³-hybridized carbons (Fsp3) is 0.636. The van der Waals surface area contributed by atoms with E-state index in [1.165, 1.54) is 0 Å². The highest BCUT2D eigenvalue weighted by Crippen LogP contribution is 2.49. The van der Waals surface area contributed by atoms with Crippen molar-refractivity contribution in [3.05, 3.63) is 12.2 Å².